The van der Waals surface area contributed by atoms with Gasteiger partial charge in [0.15, 0.2) is 5.96 Å². The van der Waals surface area contributed by atoms with Gasteiger partial charge in [0.25, 0.3) is 0 Å². The van der Waals surface area contributed by atoms with Gasteiger partial charge in [-0.3, -0.25) is 9.79 Å². The molecule has 0 spiro atoms. The van der Waals surface area contributed by atoms with Crippen molar-refractivity contribution in [2.45, 2.75) is 58.8 Å². The summed E-state index contributed by atoms with van der Waals surface area (Å²) in [7, 11) is 1.83. The monoisotopic (exact) mass is 367 g/mol. The molecule has 0 aromatic heterocycles. The van der Waals surface area contributed by atoms with E-state index < -0.39 is 0 Å². The van der Waals surface area contributed by atoms with E-state index >= 15 is 0 Å². The van der Waals surface area contributed by atoms with Gasteiger partial charge in [-0.2, -0.15) is 0 Å². The van der Waals surface area contributed by atoms with Crippen LogP contribution in [-0.2, 0) is 14.3 Å². The van der Waals surface area contributed by atoms with Crippen molar-refractivity contribution in [3.63, 3.8) is 0 Å². The van der Waals surface area contributed by atoms with Crippen LogP contribution in [0.15, 0.2) is 4.99 Å². The number of nitrogens with zero attached hydrogens (tertiary/aromatic N) is 2. The summed E-state index contributed by atoms with van der Waals surface area (Å²) in [6.07, 6.45) is 8.15. The first-order valence-corrected chi connectivity index (χ1v) is 10.3. The lowest BCUT2D eigenvalue weighted by molar-refractivity contribution is -0.149. The minimum Gasteiger partial charge on any atom is -0.466 e. The van der Waals surface area contributed by atoms with Gasteiger partial charge in [0.05, 0.1) is 12.5 Å². The summed E-state index contributed by atoms with van der Waals surface area (Å²) in [6.45, 7) is 8.57. The summed E-state index contributed by atoms with van der Waals surface area (Å²) in [5.41, 5.74) is 0.321. The van der Waals surface area contributed by atoms with Crippen LogP contribution in [-0.4, -0.2) is 63.3 Å². The fourth-order valence-electron chi connectivity index (χ4n) is 4.29. The first kappa shape index (κ1) is 21.0. The van der Waals surface area contributed by atoms with E-state index in [0.717, 1.165) is 51.5 Å². The quantitative estimate of drug-likeness (QED) is 0.309. The number of ether oxygens (including phenoxy) is 2. The van der Waals surface area contributed by atoms with Gasteiger partial charge in [-0.1, -0.05) is 12.8 Å². The minimum absolute atomic E-state index is 0.0411. The number of hydrogen-bond acceptors (Lipinski definition) is 4. The smallest absolute Gasteiger partial charge is 0.310 e. The Hall–Kier alpha value is -1.30. The SMILES string of the molecule is CCOCCC1(CNC(=NC)N2CCC[C@@H](C(=O)OCC)C2)CCCC1. The van der Waals surface area contributed by atoms with Crippen LogP contribution in [0.1, 0.15) is 58.8 Å². The first-order valence-electron chi connectivity index (χ1n) is 10.3. The number of nitrogens with one attached hydrogen (secondary N) is 1. The van der Waals surface area contributed by atoms with Crippen LogP contribution >= 0.6 is 0 Å². The van der Waals surface area contributed by atoms with E-state index in [0.29, 0.717) is 18.6 Å². The van der Waals surface area contributed by atoms with E-state index in [-0.39, 0.29) is 11.9 Å². The molecule has 1 atom stereocenters. The zero-order valence-electron chi connectivity index (χ0n) is 16.9. The molecule has 6 nitrogen and oxygen atoms in total. The predicted octanol–water partition coefficient (Wildman–Crippen LogP) is 2.82. The topological polar surface area (TPSA) is 63.2 Å². The van der Waals surface area contributed by atoms with Crippen molar-refractivity contribution in [3.05, 3.63) is 0 Å². The van der Waals surface area contributed by atoms with E-state index in [4.69, 9.17) is 9.47 Å². The van der Waals surface area contributed by atoms with Crippen molar-refractivity contribution in [2.75, 3.05) is 46.5 Å². The standard InChI is InChI=1S/C20H37N3O3/c1-4-25-14-12-20(10-6-7-11-20)16-22-19(21-3)23-13-8-9-17(15-23)18(24)26-5-2/h17H,4-16H2,1-3H3,(H,21,22)/t17-/m1/s1. The highest BCUT2D eigenvalue weighted by Crippen LogP contribution is 2.40. The summed E-state index contributed by atoms with van der Waals surface area (Å²) >= 11 is 0. The van der Waals surface area contributed by atoms with Crippen molar-refractivity contribution >= 4 is 11.9 Å². The molecule has 0 unspecified atom stereocenters. The summed E-state index contributed by atoms with van der Waals surface area (Å²) in [6, 6.07) is 0. The fourth-order valence-corrected chi connectivity index (χ4v) is 4.29. The van der Waals surface area contributed by atoms with Gasteiger partial charge < -0.3 is 19.7 Å². The second-order valence-corrected chi connectivity index (χ2v) is 7.59. The fraction of sp³-hybridized carbons (Fsp3) is 0.900. The molecule has 0 aromatic carbocycles. The second-order valence-electron chi connectivity index (χ2n) is 7.59. The number of carbonyl (C=O) groups is 1. The number of hydrogen-bond donors (Lipinski definition) is 1. The van der Waals surface area contributed by atoms with Crippen molar-refractivity contribution in [3.8, 4) is 0 Å². The molecule has 26 heavy (non-hydrogen) atoms. The van der Waals surface area contributed by atoms with Crippen molar-refractivity contribution in [1.82, 2.24) is 10.2 Å². The van der Waals surface area contributed by atoms with Gasteiger partial charge in [-0.05, 0) is 51.4 Å². The molecule has 1 saturated carbocycles. The molecule has 1 saturated heterocycles. The van der Waals surface area contributed by atoms with Gasteiger partial charge in [0.1, 0.15) is 0 Å². The Morgan fingerprint density at radius 1 is 1.23 bits per heavy atom. The van der Waals surface area contributed by atoms with Gasteiger partial charge in [-0.25, -0.2) is 0 Å². The van der Waals surface area contributed by atoms with E-state index in [1.807, 2.05) is 14.0 Å². The Morgan fingerprint density at radius 2 is 2.00 bits per heavy atom. The van der Waals surface area contributed by atoms with Crippen LogP contribution in [0.4, 0.5) is 0 Å². The number of guanidine groups is 1. The number of aliphatic imine (C=N–C) groups is 1. The summed E-state index contributed by atoms with van der Waals surface area (Å²) < 4.78 is 10.8. The average Bonchev–Trinajstić information content (AvgIpc) is 3.12. The molecule has 1 aliphatic heterocycles. The molecule has 6 heteroatoms. The Kier molecular flexibility index (Phi) is 8.69. The maximum Gasteiger partial charge on any atom is 0.310 e. The number of carbonyl (C=O) groups excluding carboxylic acids is 1. The first-order chi connectivity index (χ1) is 12.6. The van der Waals surface area contributed by atoms with Gasteiger partial charge in [0, 0.05) is 39.9 Å². The average molecular weight is 368 g/mol. The molecule has 2 rings (SSSR count). The van der Waals surface area contributed by atoms with Gasteiger partial charge in [0.2, 0.25) is 0 Å². The Bertz CT molecular complexity index is 461. The lowest BCUT2D eigenvalue weighted by atomic mass is 9.83. The lowest BCUT2D eigenvalue weighted by Gasteiger charge is -2.36. The highest BCUT2D eigenvalue weighted by atomic mass is 16.5. The summed E-state index contributed by atoms with van der Waals surface area (Å²) in [5.74, 6) is 0.805. The lowest BCUT2D eigenvalue weighted by Crippen LogP contribution is -2.50. The second kappa shape index (κ2) is 10.8. The van der Waals surface area contributed by atoms with Crippen LogP contribution in [0.2, 0.25) is 0 Å². The normalized spacial score (nSPS) is 23.1. The molecule has 2 aliphatic rings. The van der Waals surface area contributed by atoms with Gasteiger partial charge >= 0.3 is 5.97 Å². The molecule has 2 fully saturated rings. The molecule has 0 radical (unpaired) electrons. The maximum atomic E-state index is 12.1. The molecule has 0 amide bonds. The Labute approximate surface area is 158 Å². The zero-order valence-corrected chi connectivity index (χ0v) is 16.9. The van der Waals surface area contributed by atoms with Crippen LogP contribution in [0.25, 0.3) is 0 Å². The van der Waals surface area contributed by atoms with Crippen molar-refractivity contribution < 1.29 is 14.3 Å². The van der Waals surface area contributed by atoms with Crippen LogP contribution in [0.5, 0.6) is 0 Å². The third-order valence-electron chi connectivity index (χ3n) is 5.82. The Morgan fingerprint density at radius 3 is 2.65 bits per heavy atom. The number of piperidine rings is 1. The molecular formula is C20H37N3O3. The minimum atomic E-state index is -0.0726. The molecule has 1 aliphatic carbocycles. The van der Waals surface area contributed by atoms with Crippen LogP contribution < -0.4 is 5.32 Å². The number of likely N-dealkylation sites (tertiary alicyclic amines) is 1. The largest absolute Gasteiger partial charge is 0.466 e. The number of rotatable bonds is 8. The molecule has 0 bridgehead atoms. The third-order valence-corrected chi connectivity index (χ3v) is 5.82. The number of esters is 1. The van der Waals surface area contributed by atoms with E-state index in [1.54, 1.807) is 0 Å². The Balaban J connectivity index is 1.90. The van der Waals surface area contributed by atoms with Crippen molar-refractivity contribution in [2.24, 2.45) is 16.3 Å². The molecule has 1 heterocycles. The van der Waals surface area contributed by atoms with E-state index in [1.165, 1.54) is 25.7 Å². The maximum absolute atomic E-state index is 12.1. The summed E-state index contributed by atoms with van der Waals surface area (Å²) in [4.78, 5) is 18.8. The highest BCUT2D eigenvalue weighted by Gasteiger charge is 2.34. The zero-order chi connectivity index (χ0) is 18.8. The highest BCUT2D eigenvalue weighted by molar-refractivity contribution is 5.81. The van der Waals surface area contributed by atoms with Crippen LogP contribution in [0, 0.1) is 11.3 Å². The van der Waals surface area contributed by atoms with Gasteiger partial charge in [-0.15, -0.1) is 0 Å². The molecule has 1 N–H and O–H groups in total. The van der Waals surface area contributed by atoms with E-state index in [2.05, 4.69) is 22.1 Å². The van der Waals surface area contributed by atoms with Crippen molar-refractivity contribution in [1.29, 1.82) is 0 Å². The molecule has 0 aromatic rings. The molecular weight excluding hydrogens is 330 g/mol. The van der Waals surface area contributed by atoms with E-state index in [9.17, 15) is 4.79 Å². The molecule has 150 valence electrons. The third kappa shape index (κ3) is 5.86. The van der Waals surface area contributed by atoms with Crippen LogP contribution in [0.3, 0.4) is 0 Å². The predicted molar refractivity (Wildman–Crippen MR) is 104 cm³/mol. The summed E-state index contributed by atoms with van der Waals surface area (Å²) in [5, 5.41) is 3.61.